The van der Waals surface area contributed by atoms with Crippen molar-refractivity contribution < 1.29 is 9.59 Å². The molecule has 2 aromatic carbocycles. The highest BCUT2D eigenvalue weighted by Gasteiger charge is 2.33. The lowest BCUT2D eigenvalue weighted by atomic mass is 9.94. The highest BCUT2D eigenvalue weighted by Crippen LogP contribution is 2.38. The van der Waals surface area contributed by atoms with Crippen molar-refractivity contribution in [3.05, 3.63) is 58.7 Å². The maximum absolute atomic E-state index is 12.6. The second-order valence-electron chi connectivity index (χ2n) is 7.43. The minimum absolute atomic E-state index is 0.337. The van der Waals surface area contributed by atoms with E-state index < -0.39 is 0 Å². The lowest BCUT2D eigenvalue weighted by Gasteiger charge is -2.16. The van der Waals surface area contributed by atoms with Gasteiger partial charge in [0.25, 0.3) is 11.8 Å². The van der Waals surface area contributed by atoms with Crippen LogP contribution in [0.2, 0.25) is 5.02 Å². The lowest BCUT2D eigenvalue weighted by molar-refractivity contribution is 0.0880. The standard InChI is InChI=1S/C22H20ClN3O2/c23-17-6-2-1-5-14(17)16-13-18-15(19-20(16)22(28)24-21(19)27)7-10-26(18)12-11-25-8-3-4-9-25/h1-2,5-7,10,13H,3-4,8-9,11-12H2,(H,24,27,28). The van der Waals surface area contributed by atoms with Gasteiger partial charge in [-0.2, -0.15) is 0 Å². The Morgan fingerprint density at radius 3 is 2.46 bits per heavy atom. The van der Waals surface area contributed by atoms with Crippen LogP contribution >= 0.6 is 11.6 Å². The van der Waals surface area contributed by atoms with Crippen molar-refractivity contribution in [3.8, 4) is 11.1 Å². The van der Waals surface area contributed by atoms with Crippen molar-refractivity contribution in [2.24, 2.45) is 0 Å². The van der Waals surface area contributed by atoms with E-state index in [-0.39, 0.29) is 11.8 Å². The normalized spacial score (nSPS) is 16.8. The van der Waals surface area contributed by atoms with Crippen molar-refractivity contribution in [2.75, 3.05) is 19.6 Å². The minimum Gasteiger partial charge on any atom is -0.346 e. The largest absolute Gasteiger partial charge is 0.346 e. The Labute approximate surface area is 167 Å². The summed E-state index contributed by atoms with van der Waals surface area (Å²) in [4.78, 5) is 27.6. The lowest BCUT2D eigenvalue weighted by Crippen LogP contribution is -2.23. The molecule has 1 saturated heterocycles. The molecule has 2 aliphatic heterocycles. The summed E-state index contributed by atoms with van der Waals surface area (Å²) in [7, 11) is 0. The van der Waals surface area contributed by atoms with Gasteiger partial charge in [-0.3, -0.25) is 14.9 Å². The molecule has 1 fully saturated rings. The number of aromatic nitrogens is 1. The van der Waals surface area contributed by atoms with Crippen LogP contribution in [0.15, 0.2) is 42.6 Å². The molecule has 3 aromatic rings. The molecular formula is C22H20ClN3O2. The monoisotopic (exact) mass is 393 g/mol. The van der Waals surface area contributed by atoms with Gasteiger partial charge in [-0.05, 0) is 49.7 Å². The van der Waals surface area contributed by atoms with Crippen LogP contribution in [-0.4, -0.2) is 40.9 Å². The summed E-state index contributed by atoms with van der Waals surface area (Å²) in [6, 6.07) is 11.4. The van der Waals surface area contributed by atoms with E-state index in [4.69, 9.17) is 11.6 Å². The first kappa shape index (κ1) is 17.5. The molecule has 2 amide bonds. The van der Waals surface area contributed by atoms with E-state index in [0.29, 0.717) is 21.7 Å². The molecule has 0 atom stereocenters. The Bertz CT molecular complexity index is 1110. The summed E-state index contributed by atoms with van der Waals surface area (Å²) in [6.07, 6.45) is 4.53. The van der Waals surface area contributed by atoms with E-state index >= 15 is 0 Å². The van der Waals surface area contributed by atoms with Crippen LogP contribution in [0, 0.1) is 0 Å². The van der Waals surface area contributed by atoms with Crippen molar-refractivity contribution in [2.45, 2.75) is 19.4 Å². The summed E-state index contributed by atoms with van der Waals surface area (Å²) >= 11 is 6.43. The SMILES string of the molecule is O=C1NC(=O)c2c1c(-c1ccccc1Cl)cc1c2ccn1CCN1CCCC1. The Morgan fingerprint density at radius 2 is 1.68 bits per heavy atom. The summed E-state index contributed by atoms with van der Waals surface area (Å²) in [5, 5.41) is 3.83. The van der Waals surface area contributed by atoms with Crippen LogP contribution < -0.4 is 5.32 Å². The molecule has 5 rings (SSSR count). The van der Waals surface area contributed by atoms with Gasteiger partial charge in [0.15, 0.2) is 0 Å². The van der Waals surface area contributed by atoms with Gasteiger partial charge in [0.2, 0.25) is 0 Å². The number of nitrogens with zero attached hydrogens (tertiary/aromatic N) is 2. The van der Waals surface area contributed by atoms with Crippen LogP contribution in [-0.2, 0) is 6.54 Å². The predicted molar refractivity (Wildman–Crippen MR) is 110 cm³/mol. The van der Waals surface area contributed by atoms with Crippen LogP contribution in [0.4, 0.5) is 0 Å². The summed E-state index contributed by atoms with van der Waals surface area (Å²) in [5.41, 5.74) is 3.30. The average molecular weight is 394 g/mol. The van der Waals surface area contributed by atoms with Crippen molar-refractivity contribution >= 4 is 34.3 Å². The number of carbonyl (C=O) groups is 2. The zero-order valence-corrected chi connectivity index (χ0v) is 16.1. The van der Waals surface area contributed by atoms with Crippen molar-refractivity contribution in [3.63, 3.8) is 0 Å². The Kier molecular flexibility index (Phi) is 4.22. The van der Waals surface area contributed by atoms with E-state index in [1.807, 2.05) is 36.5 Å². The Balaban J connectivity index is 1.67. The van der Waals surface area contributed by atoms with E-state index in [1.54, 1.807) is 6.07 Å². The van der Waals surface area contributed by atoms with Crippen LogP contribution in [0.1, 0.15) is 33.6 Å². The highest BCUT2D eigenvalue weighted by atomic mass is 35.5. The van der Waals surface area contributed by atoms with Crippen LogP contribution in [0.3, 0.4) is 0 Å². The molecule has 28 heavy (non-hydrogen) atoms. The molecule has 0 bridgehead atoms. The summed E-state index contributed by atoms with van der Waals surface area (Å²) in [6.45, 7) is 4.12. The number of carbonyl (C=O) groups excluding carboxylic acids is 2. The van der Waals surface area contributed by atoms with Gasteiger partial charge < -0.3 is 9.47 Å². The number of imide groups is 1. The molecule has 3 heterocycles. The molecule has 6 heteroatoms. The number of hydrogen-bond donors (Lipinski definition) is 1. The second-order valence-corrected chi connectivity index (χ2v) is 7.84. The molecule has 5 nitrogen and oxygen atoms in total. The third kappa shape index (κ3) is 2.74. The number of hydrogen-bond acceptors (Lipinski definition) is 3. The Morgan fingerprint density at radius 1 is 0.929 bits per heavy atom. The zero-order valence-electron chi connectivity index (χ0n) is 15.4. The molecule has 1 N–H and O–H groups in total. The first-order valence-corrected chi connectivity index (χ1v) is 10.00. The molecule has 0 radical (unpaired) electrons. The number of rotatable bonds is 4. The van der Waals surface area contributed by atoms with Gasteiger partial charge >= 0.3 is 0 Å². The summed E-state index contributed by atoms with van der Waals surface area (Å²) in [5.74, 6) is -0.696. The van der Waals surface area contributed by atoms with Gasteiger partial charge in [0.05, 0.1) is 11.1 Å². The minimum atomic E-state index is -0.360. The molecular weight excluding hydrogens is 374 g/mol. The maximum Gasteiger partial charge on any atom is 0.259 e. The fourth-order valence-electron chi connectivity index (χ4n) is 4.38. The zero-order chi connectivity index (χ0) is 19.3. The van der Waals surface area contributed by atoms with Gasteiger partial charge in [-0.1, -0.05) is 29.8 Å². The average Bonchev–Trinajstić information content (AvgIpc) is 3.40. The van der Waals surface area contributed by atoms with Gasteiger partial charge in [-0.25, -0.2) is 0 Å². The maximum atomic E-state index is 12.6. The summed E-state index contributed by atoms with van der Waals surface area (Å²) < 4.78 is 2.17. The number of amides is 2. The van der Waals surface area contributed by atoms with E-state index in [2.05, 4.69) is 14.8 Å². The van der Waals surface area contributed by atoms with E-state index in [0.717, 1.165) is 42.6 Å². The fraction of sp³-hybridized carbons (Fsp3) is 0.273. The van der Waals surface area contributed by atoms with Gasteiger partial charge in [0.1, 0.15) is 0 Å². The first-order chi connectivity index (χ1) is 13.6. The topological polar surface area (TPSA) is 54.3 Å². The third-order valence-electron chi connectivity index (χ3n) is 5.78. The molecule has 0 unspecified atom stereocenters. The Hall–Kier alpha value is -2.63. The molecule has 0 spiro atoms. The number of benzene rings is 2. The number of halogens is 1. The van der Waals surface area contributed by atoms with Crippen molar-refractivity contribution in [1.82, 2.24) is 14.8 Å². The van der Waals surface area contributed by atoms with E-state index in [9.17, 15) is 9.59 Å². The number of fused-ring (bicyclic) bond motifs is 3. The fourth-order valence-corrected chi connectivity index (χ4v) is 4.61. The molecule has 1 aromatic heterocycles. The molecule has 2 aliphatic rings. The number of nitrogens with one attached hydrogen (secondary N) is 1. The molecule has 142 valence electrons. The van der Waals surface area contributed by atoms with Crippen LogP contribution in [0.5, 0.6) is 0 Å². The molecule has 0 saturated carbocycles. The predicted octanol–water partition coefficient (Wildman–Crippen LogP) is 3.94. The van der Waals surface area contributed by atoms with E-state index in [1.165, 1.54) is 12.8 Å². The van der Waals surface area contributed by atoms with Gasteiger partial charge in [0, 0.05) is 40.8 Å². The second kappa shape index (κ2) is 6.76. The third-order valence-corrected chi connectivity index (χ3v) is 6.11. The van der Waals surface area contributed by atoms with Crippen LogP contribution in [0.25, 0.3) is 22.0 Å². The quantitative estimate of drug-likeness (QED) is 0.683. The molecule has 0 aliphatic carbocycles. The van der Waals surface area contributed by atoms with Crippen molar-refractivity contribution in [1.29, 1.82) is 0 Å². The van der Waals surface area contributed by atoms with Gasteiger partial charge in [-0.15, -0.1) is 0 Å². The smallest absolute Gasteiger partial charge is 0.259 e. The number of likely N-dealkylation sites (tertiary alicyclic amines) is 1. The first-order valence-electron chi connectivity index (χ1n) is 9.62. The highest BCUT2D eigenvalue weighted by molar-refractivity contribution is 6.35.